The van der Waals surface area contributed by atoms with Gasteiger partial charge in [0.05, 0.1) is 63.5 Å². The van der Waals surface area contributed by atoms with Crippen molar-refractivity contribution in [3.8, 4) is 34.0 Å². The number of ether oxygens (including phenoxy) is 4. The van der Waals surface area contributed by atoms with Crippen molar-refractivity contribution in [1.29, 1.82) is 0 Å². The molecule has 4 aromatic rings. The lowest BCUT2D eigenvalue weighted by atomic mass is 10.0. The predicted molar refractivity (Wildman–Crippen MR) is 149 cm³/mol. The first-order valence-electron chi connectivity index (χ1n) is 13.2. The second-order valence-electron chi connectivity index (χ2n) is 9.68. The summed E-state index contributed by atoms with van der Waals surface area (Å²) in [6.45, 7) is 3.25. The van der Waals surface area contributed by atoms with Crippen LogP contribution in [0.4, 0.5) is 14.7 Å². The number of fused-ring (bicyclic) bond motifs is 1. The Morgan fingerprint density at radius 3 is 2.55 bits per heavy atom. The molecular formula is C28H31F2N7O5. The summed E-state index contributed by atoms with van der Waals surface area (Å²) in [6.07, 6.45) is 5.51. The number of carbonyl (C=O) groups is 1. The van der Waals surface area contributed by atoms with Crippen molar-refractivity contribution < 1.29 is 32.5 Å². The number of halogens is 2. The third-order valence-electron chi connectivity index (χ3n) is 6.89. The zero-order valence-corrected chi connectivity index (χ0v) is 23.6. The molecule has 14 heteroatoms. The molecule has 0 aliphatic carbocycles. The van der Waals surface area contributed by atoms with E-state index in [9.17, 15) is 4.79 Å². The van der Waals surface area contributed by atoms with Gasteiger partial charge in [0.1, 0.15) is 11.2 Å². The number of pyridine rings is 1. The van der Waals surface area contributed by atoms with Crippen LogP contribution in [0, 0.1) is 11.6 Å². The molecule has 2 atom stereocenters. The second-order valence-corrected chi connectivity index (χ2v) is 9.68. The fourth-order valence-electron chi connectivity index (χ4n) is 4.82. The van der Waals surface area contributed by atoms with Crippen molar-refractivity contribution in [3.05, 3.63) is 42.4 Å². The number of nitrogens with one attached hydrogen (secondary N) is 2. The van der Waals surface area contributed by atoms with E-state index in [4.69, 9.17) is 23.9 Å². The minimum absolute atomic E-state index is 0.00921. The molecule has 0 saturated carbocycles. The summed E-state index contributed by atoms with van der Waals surface area (Å²) in [5.41, 5.74) is 0.891. The van der Waals surface area contributed by atoms with Gasteiger partial charge in [-0.05, 0) is 12.5 Å². The van der Waals surface area contributed by atoms with Crippen molar-refractivity contribution in [3.63, 3.8) is 0 Å². The maximum atomic E-state index is 15.5. The normalized spacial score (nSPS) is 16.8. The van der Waals surface area contributed by atoms with Crippen molar-refractivity contribution in [1.82, 2.24) is 30.0 Å². The first-order valence-corrected chi connectivity index (χ1v) is 13.2. The van der Waals surface area contributed by atoms with Gasteiger partial charge in [0, 0.05) is 50.1 Å². The molecule has 3 aromatic heterocycles. The zero-order chi connectivity index (χ0) is 29.8. The highest BCUT2D eigenvalue weighted by atomic mass is 19.1. The summed E-state index contributed by atoms with van der Waals surface area (Å²) in [5.74, 6) is -2.12. The van der Waals surface area contributed by atoms with Crippen LogP contribution in [0.15, 0.2) is 30.7 Å². The number of anilines is 1. The Bertz CT molecular complexity index is 1570. The van der Waals surface area contributed by atoms with Crippen molar-refractivity contribution >= 4 is 22.8 Å². The van der Waals surface area contributed by atoms with Crippen molar-refractivity contribution in [2.24, 2.45) is 0 Å². The van der Waals surface area contributed by atoms with Gasteiger partial charge in [-0.3, -0.25) is 9.48 Å². The number of amides is 1. The Labute approximate surface area is 240 Å². The fraction of sp³-hybridized carbons (Fsp3) is 0.393. The molecule has 1 amide bonds. The van der Waals surface area contributed by atoms with Gasteiger partial charge in [0.25, 0.3) is 0 Å². The summed E-state index contributed by atoms with van der Waals surface area (Å²) in [7, 11) is 4.15. The summed E-state index contributed by atoms with van der Waals surface area (Å²) in [5, 5.41) is 11.0. The molecule has 0 bridgehead atoms. The summed E-state index contributed by atoms with van der Waals surface area (Å²) < 4.78 is 53.7. The molecule has 4 heterocycles. The third kappa shape index (κ3) is 5.94. The van der Waals surface area contributed by atoms with Gasteiger partial charge in [0.15, 0.2) is 23.1 Å². The Hall–Kier alpha value is -4.43. The van der Waals surface area contributed by atoms with E-state index in [1.165, 1.54) is 27.2 Å². The zero-order valence-electron chi connectivity index (χ0n) is 23.6. The average Bonchev–Trinajstić information content (AvgIpc) is 3.45. The van der Waals surface area contributed by atoms with Crippen LogP contribution in [0.2, 0.25) is 0 Å². The lowest BCUT2D eigenvalue weighted by molar-refractivity contribution is -0.120. The first-order chi connectivity index (χ1) is 20.3. The smallest absolute Gasteiger partial charge is 0.223 e. The van der Waals surface area contributed by atoms with E-state index < -0.39 is 17.2 Å². The number of hydrogen-bond acceptors (Lipinski definition) is 10. The highest BCUT2D eigenvalue weighted by molar-refractivity contribution is 5.94. The number of rotatable bonds is 10. The highest BCUT2D eigenvalue weighted by Gasteiger charge is 2.28. The second kappa shape index (κ2) is 12.6. The SMILES string of the molecule is COCCn1cc(-c2nc(-c3c(F)c(OC)cc(OC)c3F)cc3cnc(N[C@@H]4COCC[C@@H]4NC(C)=O)nc23)cn1. The van der Waals surface area contributed by atoms with Crippen LogP contribution in [0.5, 0.6) is 11.5 Å². The van der Waals surface area contributed by atoms with Gasteiger partial charge in [0.2, 0.25) is 11.9 Å². The number of benzene rings is 1. The maximum absolute atomic E-state index is 15.5. The quantitative estimate of drug-likeness (QED) is 0.287. The molecule has 1 aliphatic rings. The molecule has 1 aliphatic heterocycles. The Morgan fingerprint density at radius 1 is 1.10 bits per heavy atom. The van der Waals surface area contributed by atoms with Gasteiger partial charge in [-0.15, -0.1) is 0 Å². The standard InChI is InChI=1S/C28H31F2N7O5/c1-15(38)33-18-5-7-42-14-20(18)35-28-31-11-16-9-19(23-24(29)21(40-3)10-22(41-4)25(23)30)34-27(26(16)36-28)17-12-32-37(13-17)6-8-39-2/h9-13,18,20H,5-8,14H2,1-4H3,(H,33,38)(H,31,35,36)/t18-,20+/m0/s1. The van der Waals surface area contributed by atoms with Crippen molar-refractivity contribution in [2.45, 2.75) is 32.0 Å². The molecule has 12 nitrogen and oxygen atoms in total. The monoisotopic (exact) mass is 583 g/mol. The summed E-state index contributed by atoms with van der Waals surface area (Å²) in [4.78, 5) is 25.6. The van der Waals surface area contributed by atoms with Gasteiger partial charge >= 0.3 is 0 Å². The summed E-state index contributed by atoms with van der Waals surface area (Å²) >= 11 is 0. The average molecular weight is 584 g/mol. The van der Waals surface area contributed by atoms with Gasteiger partial charge in [-0.1, -0.05) is 0 Å². The number of methoxy groups -OCH3 is 3. The molecule has 222 valence electrons. The number of carbonyl (C=O) groups excluding carboxylic acids is 1. The van der Waals surface area contributed by atoms with Crippen LogP contribution >= 0.6 is 0 Å². The molecule has 1 fully saturated rings. The third-order valence-corrected chi connectivity index (χ3v) is 6.89. The Morgan fingerprint density at radius 2 is 1.86 bits per heavy atom. The molecule has 0 unspecified atom stereocenters. The molecular weight excluding hydrogens is 552 g/mol. The summed E-state index contributed by atoms with van der Waals surface area (Å²) in [6, 6.07) is 2.19. The molecule has 1 aromatic carbocycles. The first kappa shape index (κ1) is 29.1. The van der Waals surface area contributed by atoms with E-state index in [0.29, 0.717) is 54.9 Å². The Balaban J connectivity index is 1.64. The van der Waals surface area contributed by atoms with Crippen LogP contribution in [0.25, 0.3) is 33.4 Å². The molecule has 2 N–H and O–H groups in total. The highest BCUT2D eigenvalue weighted by Crippen LogP contribution is 2.39. The fourth-order valence-corrected chi connectivity index (χ4v) is 4.82. The number of hydrogen-bond donors (Lipinski definition) is 2. The minimum Gasteiger partial charge on any atom is -0.494 e. The van der Waals surface area contributed by atoms with E-state index in [-0.39, 0.29) is 41.1 Å². The van der Waals surface area contributed by atoms with Crippen LogP contribution in [-0.2, 0) is 20.8 Å². The lowest BCUT2D eigenvalue weighted by Gasteiger charge is -2.32. The molecule has 1 saturated heterocycles. The van der Waals surface area contributed by atoms with Crippen molar-refractivity contribution in [2.75, 3.05) is 46.5 Å². The van der Waals surface area contributed by atoms with Crippen LogP contribution in [-0.4, -0.2) is 83.9 Å². The van der Waals surface area contributed by atoms with E-state index in [1.54, 1.807) is 30.4 Å². The van der Waals surface area contributed by atoms with Crippen LogP contribution < -0.4 is 20.1 Å². The van der Waals surface area contributed by atoms with E-state index in [1.807, 2.05) is 0 Å². The van der Waals surface area contributed by atoms with Crippen LogP contribution in [0.1, 0.15) is 13.3 Å². The number of nitrogens with zero attached hydrogens (tertiary/aromatic N) is 5. The predicted octanol–water partition coefficient (Wildman–Crippen LogP) is 3.20. The molecule has 42 heavy (non-hydrogen) atoms. The maximum Gasteiger partial charge on any atom is 0.223 e. The van der Waals surface area contributed by atoms with Crippen LogP contribution in [0.3, 0.4) is 0 Å². The molecule has 0 radical (unpaired) electrons. The van der Waals surface area contributed by atoms with E-state index in [2.05, 4.69) is 25.7 Å². The van der Waals surface area contributed by atoms with E-state index in [0.717, 1.165) is 6.07 Å². The number of aromatic nitrogens is 5. The van der Waals surface area contributed by atoms with E-state index >= 15 is 8.78 Å². The molecule has 5 rings (SSSR count). The minimum atomic E-state index is -0.926. The van der Waals surface area contributed by atoms with Gasteiger partial charge in [-0.25, -0.2) is 23.7 Å². The Kier molecular flexibility index (Phi) is 8.73. The van der Waals surface area contributed by atoms with Gasteiger partial charge in [-0.2, -0.15) is 5.10 Å². The molecule has 0 spiro atoms. The largest absolute Gasteiger partial charge is 0.494 e. The lowest BCUT2D eigenvalue weighted by Crippen LogP contribution is -2.51. The van der Waals surface area contributed by atoms with Gasteiger partial charge < -0.3 is 29.6 Å². The topological polar surface area (TPSA) is 135 Å².